The van der Waals surface area contributed by atoms with E-state index in [-0.39, 0.29) is 0 Å². The van der Waals surface area contributed by atoms with Gasteiger partial charge in [0.05, 0.1) is 17.6 Å². The Morgan fingerprint density at radius 1 is 1.33 bits per heavy atom. The van der Waals surface area contributed by atoms with Crippen molar-refractivity contribution >= 4 is 16.7 Å². The molecule has 1 aliphatic rings. The summed E-state index contributed by atoms with van der Waals surface area (Å²) in [6.07, 6.45) is 7.22. The van der Waals surface area contributed by atoms with Gasteiger partial charge in [0.1, 0.15) is 0 Å². The van der Waals surface area contributed by atoms with Gasteiger partial charge in [0.15, 0.2) is 5.65 Å². The van der Waals surface area contributed by atoms with E-state index in [4.69, 9.17) is 0 Å². The summed E-state index contributed by atoms with van der Waals surface area (Å²) in [5, 5.41) is 9.29. The summed E-state index contributed by atoms with van der Waals surface area (Å²) in [5.41, 5.74) is 3.14. The van der Waals surface area contributed by atoms with Crippen molar-refractivity contribution in [3.05, 3.63) is 18.0 Å². The molecule has 2 unspecified atom stereocenters. The van der Waals surface area contributed by atoms with Crippen molar-refractivity contribution in [1.29, 1.82) is 0 Å². The Kier molecular flexibility index (Phi) is 3.87. The summed E-state index contributed by atoms with van der Waals surface area (Å²) >= 11 is 0. The van der Waals surface area contributed by atoms with Crippen LogP contribution in [0.4, 0.5) is 5.69 Å². The Hall–Kier alpha value is -1.58. The SMILES string of the molecule is Cc1nn(C)c2ncc(NC3CCCC(C(C)C)C3)cc12. The van der Waals surface area contributed by atoms with Crippen LogP contribution < -0.4 is 5.32 Å². The average molecular weight is 286 g/mol. The van der Waals surface area contributed by atoms with Crippen molar-refractivity contribution in [1.82, 2.24) is 14.8 Å². The Bertz CT molecular complexity index is 629. The minimum Gasteiger partial charge on any atom is -0.381 e. The van der Waals surface area contributed by atoms with Crippen LogP contribution in [0.2, 0.25) is 0 Å². The van der Waals surface area contributed by atoms with Gasteiger partial charge >= 0.3 is 0 Å². The highest BCUT2D eigenvalue weighted by molar-refractivity contribution is 5.81. The summed E-state index contributed by atoms with van der Waals surface area (Å²) in [6.45, 7) is 6.74. The highest BCUT2D eigenvalue weighted by atomic mass is 15.3. The number of rotatable bonds is 3. The molecule has 0 radical (unpaired) electrons. The van der Waals surface area contributed by atoms with E-state index in [9.17, 15) is 0 Å². The molecule has 4 heteroatoms. The first kappa shape index (κ1) is 14.4. The molecule has 21 heavy (non-hydrogen) atoms. The molecule has 0 amide bonds. The number of aryl methyl sites for hydroxylation is 2. The molecule has 2 aromatic heterocycles. The third-order valence-electron chi connectivity index (χ3n) is 4.89. The largest absolute Gasteiger partial charge is 0.381 e. The van der Waals surface area contributed by atoms with Crippen molar-refractivity contribution in [2.75, 3.05) is 5.32 Å². The van der Waals surface area contributed by atoms with Gasteiger partial charge in [0.25, 0.3) is 0 Å². The van der Waals surface area contributed by atoms with Gasteiger partial charge in [-0.3, -0.25) is 4.68 Å². The number of hydrogen-bond acceptors (Lipinski definition) is 3. The van der Waals surface area contributed by atoms with Gasteiger partial charge in [0, 0.05) is 18.5 Å². The quantitative estimate of drug-likeness (QED) is 0.930. The van der Waals surface area contributed by atoms with Crippen molar-refractivity contribution < 1.29 is 0 Å². The zero-order valence-electron chi connectivity index (χ0n) is 13.6. The second kappa shape index (κ2) is 5.66. The Morgan fingerprint density at radius 2 is 2.14 bits per heavy atom. The fourth-order valence-corrected chi connectivity index (χ4v) is 3.59. The van der Waals surface area contributed by atoms with Crippen LogP contribution in [0.15, 0.2) is 12.3 Å². The Labute approximate surface area is 126 Å². The molecular weight excluding hydrogens is 260 g/mol. The monoisotopic (exact) mass is 286 g/mol. The van der Waals surface area contributed by atoms with Gasteiger partial charge < -0.3 is 5.32 Å². The van der Waals surface area contributed by atoms with Gasteiger partial charge in [-0.1, -0.05) is 26.7 Å². The van der Waals surface area contributed by atoms with Crippen molar-refractivity contribution in [3.8, 4) is 0 Å². The molecule has 1 N–H and O–H groups in total. The predicted molar refractivity (Wildman–Crippen MR) is 87.5 cm³/mol. The zero-order chi connectivity index (χ0) is 15.0. The van der Waals surface area contributed by atoms with Gasteiger partial charge in [-0.15, -0.1) is 0 Å². The maximum atomic E-state index is 4.56. The fourth-order valence-electron chi connectivity index (χ4n) is 3.59. The van der Waals surface area contributed by atoms with E-state index in [1.165, 1.54) is 25.7 Å². The van der Waals surface area contributed by atoms with Crippen LogP contribution in [-0.4, -0.2) is 20.8 Å². The summed E-state index contributed by atoms with van der Waals surface area (Å²) in [7, 11) is 1.95. The van der Waals surface area contributed by atoms with Crippen molar-refractivity contribution in [3.63, 3.8) is 0 Å². The maximum Gasteiger partial charge on any atom is 0.157 e. The van der Waals surface area contributed by atoms with Crippen LogP contribution in [0.5, 0.6) is 0 Å². The second-order valence-electron chi connectivity index (χ2n) is 6.82. The van der Waals surface area contributed by atoms with Gasteiger partial charge in [0.2, 0.25) is 0 Å². The van der Waals surface area contributed by atoms with Crippen LogP contribution in [0.25, 0.3) is 11.0 Å². The summed E-state index contributed by atoms with van der Waals surface area (Å²) in [4.78, 5) is 4.56. The van der Waals surface area contributed by atoms with E-state index in [1.54, 1.807) is 0 Å². The fraction of sp³-hybridized carbons (Fsp3) is 0.647. The van der Waals surface area contributed by atoms with E-state index in [1.807, 2.05) is 24.9 Å². The van der Waals surface area contributed by atoms with Crippen LogP contribution in [0.1, 0.15) is 45.2 Å². The smallest absolute Gasteiger partial charge is 0.157 e. The first-order chi connectivity index (χ1) is 10.0. The first-order valence-corrected chi connectivity index (χ1v) is 8.10. The standard InChI is InChI=1S/C17H26N4/c1-11(2)13-6-5-7-14(8-13)19-15-9-16-12(3)20-21(4)17(16)18-10-15/h9-11,13-14,19H,5-8H2,1-4H3. The molecule has 114 valence electrons. The number of nitrogens with zero attached hydrogens (tertiary/aromatic N) is 3. The topological polar surface area (TPSA) is 42.7 Å². The summed E-state index contributed by atoms with van der Waals surface area (Å²) in [6, 6.07) is 2.78. The minimum atomic E-state index is 0.586. The lowest BCUT2D eigenvalue weighted by Gasteiger charge is -2.32. The molecular formula is C17H26N4. The third-order valence-corrected chi connectivity index (χ3v) is 4.89. The van der Waals surface area contributed by atoms with Crippen LogP contribution >= 0.6 is 0 Å². The molecule has 4 nitrogen and oxygen atoms in total. The van der Waals surface area contributed by atoms with E-state index < -0.39 is 0 Å². The van der Waals surface area contributed by atoms with E-state index >= 15 is 0 Å². The minimum absolute atomic E-state index is 0.586. The normalized spacial score (nSPS) is 22.9. The average Bonchev–Trinajstić information content (AvgIpc) is 2.74. The van der Waals surface area contributed by atoms with Crippen LogP contribution in [-0.2, 0) is 7.05 Å². The lowest BCUT2D eigenvalue weighted by Crippen LogP contribution is -2.29. The molecule has 2 heterocycles. The highest BCUT2D eigenvalue weighted by Crippen LogP contribution is 2.32. The van der Waals surface area contributed by atoms with E-state index in [2.05, 4.69) is 35.3 Å². The summed E-state index contributed by atoms with van der Waals surface area (Å²) < 4.78 is 1.85. The molecule has 2 aromatic rings. The number of aromatic nitrogens is 3. The zero-order valence-corrected chi connectivity index (χ0v) is 13.6. The molecule has 0 bridgehead atoms. The molecule has 0 saturated heterocycles. The number of anilines is 1. The highest BCUT2D eigenvalue weighted by Gasteiger charge is 2.24. The molecule has 1 fully saturated rings. The summed E-state index contributed by atoms with van der Waals surface area (Å²) in [5.74, 6) is 1.64. The maximum absolute atomic E-state index is 4.56. The number of fused-ring (bicyclic) bond motifs is 1. The molecule has 0 aromatic carbocycles. The van der Waals surface area contributed by atoms with Crippen molar-refractivity contribution in [2.24, 2.45) is 18.9 Å². The van der Waals surface area contributed by atoms with E-state index in [0.717, 1.165) is 34.3 Å². The Morgan fingerprint density at radius 3 is 2.90 bits per heavy atom. The molecule has 0 aliphatic heterocycles. The second-order valence-corrected chi connectivity index (χ2v) is 6.82. The lowest BCUT2D eigenvalue weighted by atomic mass is 9.79. The number of pyridine rings is 1. The lowest BCUT2D eigenvalue weighted by molar-refractivity contribution is 0.264. The molecule has 2 atom stereocenters. The van der Waals surface area contributed by atoms with Gasteiger partial charge in [-0.2, -0.15) is 5.10 Å². The molecule has 3 rings (SSSR count). The van der Waals surface area contributed by atoms with Crippen molar-refractivity contribution in [2.45, 2.75) is 52.5 Å². The molecule has 1 aliphatic carbocycles. The van der Waals surface area contributed by atoms with Gasteiger partial charge in [-0.05, 0) is 37.7 Å². The predicted octanol–water partition coefficient (Wildman–Crippen LogP) is 3.90. The molecule has 0 spiro atoms. The first-order valence-electron chi connectivity index (χ1n) is 8.10. The third kappa shape index (κ3) is 2.89. The van der Waals surface area contributed by atoms with Crippen LogP contribution in [0, 0.1) is 18.8 Å². The molecule has 1 saturated carbocycles. The number of nitrogens with one attached hydrogen (secondary N) is 1. The van der Waals surface area contributed by atoms with E-state index in [0.29, 0.717) is 6.04 Å². The van der Waals surface area contributed by atoms with Gasteiger partial charge in [-0.25, -0.2) is 4.98 Å². The number of hydrogen-bond donors (Lipinski definition) is 1. The Balaban J connectivity index is 1.77. The van der Waals surface area contributed by atoms with Crippen LogP contribution in [0.3, 0.4) is 0 Å².